The molecule has 2 nitrogen and oxygen atoms in total. The van der Waals surface area contributed by atoms with E-state index in [4.69, 9.17) is 4.74 Å². The molecule has 1 fully saturated rings. The van der Waals surface area contributed by atoms with Crippen LogP contribution in [0.15, 0.2) is 18.2 Å². The van der Waals surface area contributed by atoms with E-state index in [2.05, 4.69) is 30.6 Å². The van der Waals surface area contributed by atoms with Gasteiger partial charge in [-0.15, -0.1) is 0 Å². The van der Waals surface area contributed by atoms with E-state index in [9.17, 15) is 13.2 Å². The Balaban J connectivity index is 1.99. The lowest BCUT2D eigenvalue weighted by Gasteiger charge is -2.28. The van der Waals surface area contributed by atoms with E-state index in [1.165, 1.54) is 0 Å². The average molecular weight is 323 g/mol. The van der Waals surface area contributed by atoms with Gasteiger partial charge in [0.2, 0.25) is 0 Å². The third-order valence-electron chi connectivity index (χ3n) is 4.45. The van der Waals surface area contributed by atoms with Crippen molar-refractivity contribution >= 4 is 5.69 Å². The summed E-state index contributed by atoms with van der Waals surface area (Å²) in [6, 6.07) is 5.81. The zero-order valence-corrected chi connectivity index (χ0v) is 13.3. The molecule has 0 bridgehead atoms. The highest BCUT2D eigenvalue weighted by Gasteiger charge is 2.62. The molecule has 2 aliphatic rings. The number of para-hydroxylation sites is 1. The van der Waals surface area contributed by atoms with E-state index in [1.54, 1.807) is 6.07 Å². The van der Waals surface area contributed by atoms with Gasteiger partial charge in [0.1, 0.15) is 5.41 Å². The first-order valence-corrected chi connectivity index (χ1v) is 7.96. The number of benzene rings is 1. The van der Waals surface area contributed by atoms with Crippen LogP contribution < -0.4 is 9.64 Å². The van der Waals surface area contributed by atoms with Crippen LogP contribution in [0.1, 0.15) is 38.7 Å². The molecule has 1 saturated carbocycles. The summed E-state index contributed by atoms with van der Waals surface area (Å²) in [7, 11) is 0. The molecular formula is C18H20F3NO. The molecule has 1 aromatic carbocycles. The molecule has 1 heterocycles. The lowest BCUT2D eigenvalue weighted by Crippen LogP contribution is -2.31. The summed E-state index contributed by atoms with van der Waals surface area (Å²) in [5, 5.41) is 0. The molecular weight excluding hydrogens is 303 g/mol. The molecule has 1 aromatic rings. The molecule has 0 radical (unpaired) electrons. The van der Waals surface area contributed by atoms with Crippen LogP contribution in [0.5, 0.6) is 5.75 Å². The number of alkyl halides is 3. The second-order valence-corrected chi connectivity index (χ2v) is 6.47. The van der Waals surface area contributed by atoms with Crippen molar-refractivity contribution in [1.29, 1.82) is 0 Å². The summed E-state index contributed by atoms with van der Waals surface area (Å²) in [6.45, 7) is 5.61. The van der Waals surface area contributed by atoms with Crippen molar-refractivity contribution in [2.24, 2.45) is 5.41 Å². The van der Waals surface area contributed by atoms with Crippen molar-refractivity contribution in [1.82, 2.24) is 0 Å². The topological polar surface area (TPSA) is 12.5 Å². The number of nitrogens with zero attached hydrogens (tertiary/aromatic N) is 1. The maximum absolute atomic E-state index is 13.0. The van der Waals surface area contributed by atoms with Gasteiger partial charge >= 0.3 is 6.18 Å². The van der Waals surface area contributed by atoms with Crippen molar-refractivity contribution in [2.75, 3.05) is 18.1 Å². The highest BCUT2D eigenvalue weighted by Crippen LogP contribution is 2.57. The number of fused-ring (bicyclic) bond motifs is 1. The number of rotatable bonds is 1. The molecule has 0 unspecified atom stereocenters. The normalized spacial score (nSPS) is 19.3. The third-order valence-corrected chi connectivity index (χ3v) is 4.45. The first-order valence-electron chi connectivity index (χ1n) is 7.96. The minimum absolute atomic E-state index is 0.0947. The number of halogens is 3. The fourth-order valence-corrected chi connectivity index (χ4v) is 2.86. The van der Waals surface area contributed by atoms with Crippen molar-refractivity contribution in [3.63, 3.8) is 0 Å². The van der Waals surface area contributed by atoms with Gasteiger partial charge in [-0.25, -0.2) is 0 Å². The molecule has 23 heavy (non-hydrogen) atoms. The standard InChI is InChI=1S/C18H20F3NO/c1-13(2)22-11-4-12-23-16-14(5-3-6-15(16)22)7-8-17(9-10-17)18(19,20)21/h3,5-6,13H,4,9-12H2,1-2H3. The van der Waals surface area contributed by atoms with Crippen molar-refractivity contribution < 1.29 is 17.9 Å². The predicted molar refractivity (Wildman–Crippen MR) is 83.6 cm³/mol. The monoisotopic (exact) mass is 323 g/mol. The van der Waals surface area contributed by atoms with Crippen LogP contribution in [0.3, 0.4) is 0 Å². The summed E-state index contributed by atoms with van der Waals surface area (Å²) in [5.41, 5.74) is -0.343. The predicted octanol–water partition coefficient (Wildman–Crippen LogP) is 4.38. The van der Waals surface area contributed by atoms with Crippen LogP contribution in [0, 0.1) is 17.3 Å². The van der Waals surface area contributed by atoms with Gasteiger partial charge in [-0.05, 0) is 45.2 Å². The third kappa shape index (κ3) is 2.99. The Kier molecular flexibility index (Phi) is 3.95. The van der Waals surface area contributed by atoms with E-state index in [1.807, 2.05) is 12.1 Å². The highest BCUT2D eigenvalue weighted by molar-refractivity contribution is 5.66. The van der Waals surface area contributed by atoms with Gasteiger partial charge in [0.25, 0.3) is 0 Å². The maximum atomic E-state index is 13.0. The fraction of sp³-hybridized carbons (Fsp3) is 0.556. The van der Waals surface area contributed by atoms with Crippen LogP contribution >= 0.6 is 0 Å². The Bertz CT molecular complexity index is 650. The van der Waals surface area contributed by atoms with Crippen LogP contribution in [0.2, 0.25) is 0 Å². The van der Waals surface area contributed by atoms with E-state index >= 15 is 0 Å². The Morgan fingerprint density at radius 2 is 2.00 bits per heavy atom. The summed E-state index contributed by atoms with van der Waals surface area (Å²) < 4.78 is 44.9. The minimum Gasteiger partial charge on any atom is -0.490 e. The largest absolute Gasteiger partial charge is 0.490 e. The average Bonchev–Trinajstić information content (AvgIpc) is 3.28. The summed E-state index contributed by atoms with van der Waals surface area (Å²) >= 11 is 0. The fourth-order valence-electron chi connectivity index (χ4n) is 2.86. The van der Waals surface area contributed by atoms with Crippen LogP contribution in [-0.2, 0) is 0 Å². The number of hydrogen-bond donors (Lipinski definition) is 0. The van der Waals surface area contributed by atoms with Gasteiger partial charge in [0.15, 0.2) is 5.75 Å². The molecule has 0 spiro atoms. The molecule has 5 heteroatoms. The van der Waals surface area contributed by atoms with E-state index < -0.39 is 11.6 Å². The summed E-state index contributed by atoms with van der Waals surface area (Å²) in [4.78, 5) is 2.21. The lowest BCUT2D eigenvalue weighted by atomic mass is 10.1. The number of ether oxygens (including phenoxy) is 1. The van der Waals surface area contributed by atoms with Crippen molar-refractivity contribution in [3.8, 4) is 17.6 Å². The Labute approximate surface area is 134 Å². The zero-order chi connectivity index (χ0) is 16.7. The maximum Gasteiger partial charge on any atom is 0.405 e. The molecule has 0 saturated heterocycles. The van der Waals surface area contributed by atoms with E-state index in [0.717, 1.165) is 18.7 Å². The van der Waals surface area contributed by atoms with Gasteiger partial charge in [-0.3, -0.25) is 0 Å². The molecule has 124 valence electrons. The van der Waals surface area contributed by atoms with Crippen LogP contribution in [-0.4, -0.2) is 25.4 Å². The summed E-state index contributed by atoms with van der Waals surface area (Å²) in [5.74, 6) is 5.83. The number of hydrogen-bond acceptors (Lipinski definition) is 2. The van der Waals surface area contributed by atoms with E-state index in [0.29, 0.717) is 24.0 Å². The van der Waals surface area contributed by atoms with Crippen LogP contribution in [0.25, 0.3) is 0 Å². The first-order chi connectivity index (χ1) is 10.8. The lowest BCUT2D eigenvalue weighted by molar-refractivity contribution is -0.168. The Hall–Kier alpha value is -1.83. The van der Waals surface area contributed by atoms with Gasteiger partial charge in [-0.2, -0.15) is 13.2 Å². The molecule has 0 N–H and O–H groups in total. The van der Waals surface area contributed by atoms with Crippen molar-refractivity contribution in [3.05, 3.63) is 23.8 Å². The molecule has 0 atom stereocenters. The van der Waals surface area contributed by atoms with Gasteiger partial charge in [0.05, 0.1) is 17.9 Å². The van der Waals surface area contributed by atoms with Crippen molar-refractivity contribution in [2.45, 2.75) is 45.3 Å². The number of anilines is 1. The second-order valence-electron chi connectivity index (χ2n) is 6.47. The minimum atomic E-state index is -4.25. The van der Waals surface area contributed by atoms with E-state index in [-0.39, 0.29) is 12.8 Å². The molecule has 0 amide bonds. The molecule has 1 aliphatic carbocycles. The second kappa shape index (κ2) is 5.67. The quantitative estimate of drug-likeness (QED) is 0.711. The van der Waals surface area contributed by atoms with Crippen LogP contribution in [0.4, 0.5) is 18.9 Å². The highest BCUT2D eigenvalue weighted by atomic mass is 19.4. The SMILES string of the molecule is CC(C)N1CCCOc2c(C#CC3(C(F)(F)F)CC3)cccc21. The summed E-state index contributed by atoms with van der Waals surface area (Å²) in [6.07, 6.45) is -3.18. The molecule has 0 aromatic heterocycles. The zero-order valence-electron chi connectivity index (χ0n) is 13.3. The first kappa shape index (κ1) is 16.0. The molecule has 3 rings (SSSR count). The smallest absolute Gasteiger partial charge is 0.405 e. The van der Waals surface area contributed by atoms with Gasteiger partial charge in [0, 0.05) is 12.6 Å². The van der Waals surface area contributed by atoms with Gasteiger partial charge in [-0.1, -0.05) is 17.9 Å². The Morgan fingerprint density at radius 3 is 2.61 bits per heavy atom. The Morgan fingerprint density at radius 1 is 1.26 bits per heavy atom. The van der Waals surface area contributed by atoms with Gasteiger partial charge < -0.3 is 9.64 Å². The molecule has 1 aliphatic heterocycles.